The van der Waals surface area contributed by atoms with Crippen LogP contribution in [0.3, 0.4) is 0 Å². The highest BCUT2D eigenvalue weighted by Gasteiger charge is 2.41. The molecule has 2 nitrogen and oxygen atoms in total. The fraction of sp³-hybridized carbons (Fsp3) is 0.478. The topological polar surface area (TPSA) is 23.5 Å². The third-order valence-electron chi connectivity index (χ3n) is 5.64. The third kappa shape index (κ3) is 3.96. The van der Waals surface area contributed by atoms with Gasteiger partial charge >= 0.3 is 0 Å². The predicted molar refractivity (Wildman–Crippen MR) is 105 cm³/mol. The van der Waals surface area contributed by atoms with Gasteiger partial charge in [0.05, 0.1) is 5.60 Å². The van der Waals surface area contributed by atoms with E-state index in [2.05, 4.69) is 74.4 Å². The van der Waals surface area contributed by atoms with E-state index in [0.717, 1.165) is 44.2 Å². The van der Waals surface area contributed by atoms with Gasteiger partial charge in [-0.2, -0.15) is 0 Å². The van der Waals surface area contributed by atoms with Crippen molar-refractivity contribution in [2.45, 2.75) is 50.5 Å². The largest absolute Gasteiger partial charge is 0.385 e. The van der Waals surface area contributed by atoms with Crippen molar-refractivity contribution in [3.8, 4) is 0 Å². The predicted octanol–water partition coefficient (Wildman–Crippen LogP) is 4.64. The van der Waals surface area contributed by atoms with Gasteiger partial charge in [0, 0.05) is 5.92 Å². The quantitative estimate of drug-likeness (QED) is 0.803. The number of hydrogen-bond acceptors (Lipinski definition) is 2. The molecule has 1 aliphatic rings. The molecule has 0 amide bonds. The lowest BCUT2D eigenvalue weighted by molar-refractivity contribution is -0.00605. The van der Waals surface area contributed by atoms with Gasteiger partial charge in [-0.15, -0.1) is 0 Å². The van der Waals surface area contributed by atoms with Crippen molar-refractivity contribution in [1.29, 1.82) is 0 Å². The van der Waals surface area contributed by atoms with Gasteiger partial charge in [-0.1, -0.05) is 54.1 Å². The number of hydrogen-bond donors (Lipinski definition) is 1. The first-order chi connectivity index (χ1) is 12.0. The highest BCUT2D eigenvalue weighted by Crippen LogP contribution is 2.47. The lowest BCUT2D eigenvalue weighted by Crippen LogP contribution is -2.34. The summed E-state index contributed by atoms with van der Waals surface area (Å²) in [7, 11) is 4.20. The molecule has 0 saturated heterocycles. The smallest absolute Gasteiger partial charge is 0.0967 e. The normalized spacial score (nSPS) is 23.3. The second-order valence-corrected chi connectivity index (χ2v) is 7.84. The van der Waals surface area contributed by atoms with Gasteiger partial charge in [0.25, 0.3) is 0 Å². The van der Waals surface area contributed by atoms with Crippen LogP contribution in [-0.4, -0.2) is 30.6 Å². The molecule has 0 aliphatic heterocycles. The van der Waals surface area contributed by atoms with E-state index >= 15 is 0 Å². The molecule has 0 aromatic heterocycles. The van der Waals surface area contributed by atoms with E-state index in [1.165, 1.54) is 16.7 Å². The van der Waals surface area contributed by atoms with Crippen LogP contribution in [0.2, 0.25) is 0 Å². The van der Waals surface area contributed by atoms with Crippen molar-refractivity contribution in [2.24, 2.45) is 0 Å². The summed E-state index contributed by atoms with van der Waals surface area (Å²) in [6.07, 6.45) is 5.04. The van der Waals surface area contributed by atoms with Crippen LogP contribution >= 0.6 is 0 Å². The molecule has 0 bridgehead atoms. The highest BCUT2D eigenvalue weighted by molar-refractivity contribution is 5.39. The lowest BCUT2D eigenvalue weighted by atomic mass is 9.73. The second-order valence-electron chi connectivity index (χ2n) is 7.84. The van der Waals surface area contributed by atoms with E-state index in [1.807, 2.05) is 0 Å². The summed E-state index contributed by atoms with van der Waals surface area (Å²) in [5.74, 6) is 0.166. The van der Waals surface area contributed by atoms with Crippen LogP contribution in [-0.2, 0) is 12.0 Å². The average Bonchev–Trinajstić information content (AvgIpc) is 2.73. The van der Waals surface area contributed by atoms with Crippen LogP contribution in [0.15, 0.2) is 48.5 Å². The minimum absolute atomic E-state index is 0.166. The average molecular weight is 338 g/mol. The summed E-state index contributed by atoms with van der Waals surface area (Å²) < 4.78 is 0. The molecule has 2 aromatic carbocycles. The molecule has 1 aliphatic carbocycles. The van der Waals surface area contributed by atoms with Crippen molar-refractivity contribution in [2.75, 3.05) is 20.6 Å². The molecule has 0 heterocycles. The highest BCUT2D eigenvalue weighted by atomic mass is 16.3. The molecule has 0 radical (unpaired) electrons. The molecule has 0 fully saturated rings. The SMILES string of the molecule is Cc1ccc(C2CCCc3ccccc3C2(O)CCCN(C)C)cc1. The van der Waals surface area contributed by atoms with Gasteiger partial charge in [-0.3, -0.25) is 0 Å². The Morgan fingerprint density at radius 3 is 2.52 bits per heavy atom. The summed E-state index contributed by atoms with van der Waals surface area (Å²) in [5, 5.41) is 12.0. The molecule has 2 unspecified atom stereocenters. The van der Waals surface area contributed by atoms with Crippen molar-refractivity contribution < 1.29 is 5.11 Å². The zero-order valence-corrected chi connectivity index (χ0v) is 15.8. The number of fused-ring (bicyclic) bond motifs is 1. The maximum absolute atomic E-state index is 12.0. The molecule has 1 N–H and O–H groups in total. The molecular weight excluding hydrogens is 306 g/mol. The van der Waals surface area contributed by atoms with E-state index in [-0.39, 0.29) is 5.92 Å². The van der Waals surface area contributed by atoms with Crippen LogP contribution in [0, 0.1) is 6.92 Å². The van der Waals surface area contributed by atoms with E-state index in [1.54, 1.807) is 0 Å². The number of benzene rings is 2. The minimum Gasteiger partial charge on any atom is -0.385 e. The van der Waals surface area contributed by atoms with Crippen LogP contribution < -0.4 is 0 Å². The molecule has 2 aromatic rings. The summed E-state index contributed by atoms with van der Waals surface area (Å²) in [5.41, 5.74) is 4.24. The summed E-state index contributed by atoms with van der Waals surface area (Å²) in [6, 6.07) is 17.3. The molecule has 0 spiro atoms. The molecule has 2 atom stereocenters. The Bertz CT molecular complexity index is 691. The van der Waals surface area contributed by atoms with Gasteiger partial charge in [-0.05, 0) is 76.4 Å². The van der Waals surface area contributed by atoms with Crippen molar-refractivity contribution in [3.63, 3.8) is 0 Å². The number of aliphatic hydroxyl groups is 1. The first-order valence-corrected chi connectivity index (χ1v) is 9.53. The number of nitrogens with zero attached hydrogens (tertiary/aromatic N) is 1. The standard InChI is InChI=1S/C23H31NO/c1-18-12-14-20(15-13-18)22-11-6-9-19-8-4-5-10-21(19)23(22,25)16-7-17-24(2)3/h4-5,8,10,12-15,22,25H,6-7,9,11,16-17H2,1-3H3. The molecule has 3 rings (SSSR count). The van der Waals surface area contributed by atoms with Crippen molar-refractivity contribution >= 4 is 0 Å². The lowest BCUT2D eigenvalue weighted by Gasteiger charge is -2.37. The summed E-state index contributed by atoms with van der Waals surface area (Å²) in [4.78, 5) is 2.20. The Labute approximate surface area is 152 Å². The third-order valence-corrected chi connectivity index (χ3v) is 5.64. The second kappa shape index (κ2) is 7.72. The summed E-state index contributed by atoms with van der Waals surface area (Å²) >= 11 is 0. The van der Waals surface area contributed by atoms with Gasteiger partial charge in [0.15, 0.2) is 0 Å². The fourth-order valence-electron chi connectivity index (χ4n) is 4.30. The van der Waals surface area contributed by atoms with Gasteiger partial charge in [0.1, 0.15) is 0 Å². The van der Waals surface area contributed by atoms with Crippen molar-refractivity contribution in [1.82, 2.24) is 4.90 Å². The molecule has 0 saturated carbocycles. The van der Waals surface area contributed by atoms with E-state index in [9.17, 15) is 5.11 Å². The Kier molecular flexibility index (Phi) is 5.61. The van der Waals surface area contributed by atoms with E-state index in [4.69, 9.17) is 0 Å². The Morgan fingerprint density at radius 2 is 1.80 bits per heavy atom. The molecule has 134 valence electrons. The first-order valence-electron chi connectivity index (χ1n) is 9.53. The fourth-order valence-corrected chi connectivity index (χ4v) is 4.30. The first kappa shape index (κ1) is 18.2. The van der Waals surface area contributed by atoms with Gasteiger partial charge < -0.3 is 10.0 Å². The monoisotopic (exact) mass is 337 g/mol. The van der Waals surface area contributed by atoms with Crippen LogP contribution in [0.5, 0.6) is 0 Å². The Morgan fingerprint density at radius 1 is 1.08 bits per heavy atom. The Hall–Kier alpha value is -1.64. The van der Waals surface area contributed by atoms with Gasteiger partial charge in [0.2, 0.25) is 0 Å². The van der Waals surface area contributed by atoms with Crippen LogP contribution in [0.1, 0.15) is 53.9 Å². The van der Waals surface area contributed by atoms with Crippen LogP contribution in [0.25, 0.3) is 0 Å². The van der Waals surface area contributed by atoms with Gasteiger partial charge in [-0.25, -0.2) is 0 Å². The van der Waals surface area contributed by atoms with E-state index < -0.39 is 5.60 Å². The number of aryl methyl sites for hydroxylation is 2. The maximum atomic E-state index is 12.0. The number of rotatable bonds is 5. The van der Waals surface area contributed by atoms with Crippen molar-refractivity contribution in [3.05, 3.63) is 70.8 Å². The molecular formula is C23H31NO. The molecule has 2 heteroatoms. The van der Waals surface area contributed by atoms with E-state index in [0.29, 0.717) is 0 Å². The Balaban J connectivity index is 2.00. The van der Waals surface area contributed by atoms with Crippen LogP contribution in [0.4, 0.5) is 0 Å². The zero-order chi connectivity index (χ0) is 17.9. The minimum atomic E-state index is -0.779. The molecule has 25 heavy (non-hydrogen) atoms. The zero-order valence-electron chi connectivity index (χ0n) is 15.8. The maximum Gasteiger partial charge on any atom is 0.0967 e. The summed E-state index contributed by atoms with van der Waals surface area (Å²) in [6.45, 7) is 3.13.